The van der Waals surface area contributed by atoms with Gasteiger partial charge in [-0.2, -0.15) is 15.0 Å². The van der Waals surface area contributed by atoms with Crippen LogP contribution >= 0.6 is 34.2 Å². The van der Waals surface area contributed by atoms with Crippen LogP contribution in [0.4, 0.5) is 11.9 Å². The van der Waals surface area contributed by atoms with Crippen molar-refractivity contribution in [1.82, 2.24) is 15.0 Å². The first-order valence-electron chi connectivity index (χ1n) is 4.28. The van der Waals surface area contributed by atoms with Crippen LogP contribution in [0.1, 0.15) is 0 Å². The summed E-state index contributed by atoms with van der Waals surface area (Å²) >= 11 is 8.07. The van der Waals surface area contributed by atoms with Gasteiger partial charge in [0.1, 0.15) is 0 Å². The number of anilines is 2. The molecule has 0 amide bonds. The molecule has 0 spiro atoms. The summed E-state index contributed by atoms with van der Waals surface area (Å²) in [6, 6.07) is 5.42. The number of rotatable bonds is 1. The SMILES string of the molecule is Nc1nc(N)nc(-c2cc(Cl)ccc2I)n1. The Balaban J connectivity index is 2.62. The number of nitrogen functional groups attached to an aromatic ring is 2. The first-order valence-corrected chi connectivity index (χ1v) is 5.74. The second-order valence-corrected chi connectivity index (χ2v) is 4.60. The number of benzene rings is 1. The highest BCUT2D eigenvalue weighted by Crippen LogP contribution is 2.26. The molecule has 0 aliphatic heterocycles. The lowest BCUT2D eigenvalue weighted by Crippen LogP contribution is -2.04. The molecule has 0 atom stereocenters. The highest BCUT2D eigenvalue weighted by Gasteiger charge is 2.09. The van der Waals surface area contributed by atoms with Crippen LogP contribution in [0.3, 0.4) is 0 Å². The molecular formula is C9H7ClIN5. The molecule has 0 saturated carbocycles. The zero-order valence-electron chi connectivity index (χ0n) is 7.98. The normalized spacial score (nSPS) is 10.4. The van der Waals surface area contributed by atoms with Gasteiger partial charge in [-0.25, -0.2) is 0 Å². The van der Waals surface area contributed by atoms with E-state index in [9.17, 15) is 0 Å². The Morgan fingerprint density at radius 2 is 1.69 bits per heavy atom. The fourth-order valence-corrected chi connectivity index (χ4v) is 1.95. The first-order chi connectivity index (χ1) is 7.56. The minimum absolute atomic E-state index is 0.0956. The molecule has 0 fully saturated rings. The molecule has 1 aromatic heterocycles. The van der Waals surface area contributed by atoms with Crippen molar-refractivity contribution in [3.05, 3.63) is 26.8 Å². The maximum atomic E-state index is 5.91. The Bertz CT molecular complexity index is 525. The van der Waals surface area contributed by atoms with Crippen LogP contribution in [0.5, 0.6) is 0 Å². The quantitative estimate of drug-likeness (QED) is 0.770. The molecule has 0 saturated heterocycles. The molecule has 2 rings (SSSR count). The van der Waals surface area contributed by atoms with E-state index in [0.717, 1.165) is 9.13 Å². The molecule has 82 valence electrons. The Morgan fingerprint density at radius 1 is 1.06 bits per heavy atom. The fourth-order valence-electron chi connectivity index (χ4n) is 1.20. The zero-order chi connectivity index (χ0) is 11.7. The summed E-state index contributed by atoms with van der Waals surface area (Å²) in [5, 5.41) is 0.605. The van der Waals surface area contributed by atoms with Crippen molar-refractivity contribution in [3.8, 4) is 11.4 Å². The minimum atomic E-state index is 0.0956. The van der Waals surface area contributed by atoms with Gasteiger partial charge in [-0.1, -0.05) is 11.6 Å². The van der Waals surface area contributed by atoms with Crippen molar-refractivity contribution in [1.29, 1.82) is 0 Å². The van der Waals surface area contributed by atoms with Crippen molar-refractivity contribution >= 4 is 46.1 Å². The predicted molar refractivity (Wildman–Crippen MR) is 71.8 cm³/mol. The average Bonchev–Trinajstić information content (AvgIpc) is 2.20. The lowest BCUT2D eigenvalue weighted by atomic mass is 10.2. The Kier molecular flexibility index (Phi) is 3.10. The molecule has 0 unspecified atom stereocenters. The summed E-state index contributed by atoms with van der Waals surface area (Å²) < 4.78 is 0.965. The molecule has 4 N–H and O–H groups in total. The van der Waals surface area contributed by atoms with Crippen LogP contribution in [0, 0.1) is 3.57 Å². The van der Waals surface area contributed by atoms with Crippen molar-refractivity contribution in [2.24, 2.45) is 0 Å². The molecule has 7 heteroatoms. The van der Waals surface area contributed by atoms with E-state index in [0.29, 0.717) is 10.8 Å². The van der Waals surface area contributed by atoms with Crippen LogP contribution in [0.15, 0.2) is 18.2 Å². The maximum Gasteiger partial charge on any atom is 0.225 e. The van der Waals surface area contributed by atoms with Crippen LogP contribution in [0.2, 0.25) is 5.02 Å². The van der Waals surface area contributed by atoms with E-state index in [2.05, 4.69) is 37.5 Å². The van der Waals surface area contributed by atoms with Crippen molar-refractivity contribution in [2.75, 3.05) is 11.5 Å². The van der Waals surface area contributed by atoms with Gasteiger partial charge in [-0.05, 0) is 40.8 Å². The van der Waals surface area contributed by atoms with Crippen LogP contribution < -0.4 is 11.5 Å². The summed E-state index contributed by atoms with van der Waals surface area (Å²) in [7, 11) is 0. The Hall–Kier alpha value is -1.15. The van der Waals surface area contributed by atoms with Gasteiger partial charge in [0.25, 0.3) is 0 Å². The molecule has 0 aliphatic carbocycles. The van der Waals surface area contributed by atoms with E-state index >= 15 is 0 Å². The molecular weight excluding hydrogens is 340 g/mol. The maximum absolute atomic E-state index is 5.91. The summed E-state index contributed by atoms with van der Waals surface area (Å²) in [5.41, 5.74) is 11.8. The van der Waals surface area contributed by atoms with E-state index in [-0.39, 0.29) is 11.9 Å². The van der Waals surface area contributed by atoms with Gasteiger partial charge in [-0.15, -0.1) is 0 Å². The number of nitrogens with zero attached hydrogens (tertiary/aromatic N) is 3. The van der Waals surface area contributed by atoms with Crippen LogP contribution in [0.25, 0.3) is 11.4 Å². The van der Waals surface area contributed by atoms with Crippen LogP contribution in [-0.2, 0) is 0 Å². The summed E-state index contributed by atoms with van der Waals surface area (Å²) in [5.74, 6) is 0.619. The first kappa shape index (κ1) is 11.3. The van der Waals surface area contributed by atoms with Gasteiger partial charge in [0.2, 0.25) is 11.9 Å². The molecule has 0 bridgehead atoms. The topological polar surface area (TPSA) is 90.7 Å². The fraction of sp³-hybridized carbons (Fsp3) is 0. The third-order valence-electron chi connectivity index (χ3n) is 1.84. The van der Waals surface area contributed by atoms with E-state index in [1.807, 2.05) is 6.07 Å². The van der Waals surface area contributed by atoms with E-state index in [1.165, 1.54) is 0 Å². The predicted octanol–water partition coefficient (Wildman–Crippen LogP) is 1.96. The third-order valence-corrected chi connectivity index (χ3v) is 3.02. The molecule has 0 radical (unpaired) electrons. The molecule has 1 aromatic carbocycles. The number of hydrogen-bond acceptors (Lipinski definition) is 5. The van der Waals surface area contributed by atoms with Crippen molar-refractivity contribution in [2.45, 2.75) is 0 Å². The molecule has 2 aromatic rings. The standard InChI is InChI=1S/C9H7ClIN5/c10-4-1-2-6(11)5(3-4)7-14-8(12)16-9(13)15-7/h1-3H,(H4,12,13,14,15,16). The van der Waals surface area contributed by atoms with Gasteiger partial charge in [0, 0.05) is 14.2 Å². The second kappa shape index (κ2) is 4.38. The van der Waals surface area contributed by atoms with Crippen molar-refractivity contribution < 1.29 is 0 Å². The Labute approximate surface area is 110 Å². The minimum Gasteiger partial charge on any atom is -0.368 e. The largest absolute Gasteiger partial charge is 0.368 e. The zero-order valence-corrected chi connectivity index (χ0v) is 10.9. The third kappa shape index (κ3) is 2.33. The van der Waals surface area contributed by atoms with Gasteiger partial charge < -0.3 is 11.5 Å². The van der Waals surface area contributed by atoms with E-state index < -0.39 is 0 Å². The lowest BCUT2D eigenvalue weighted by Gasteiger charge is -2.04. The lowest BCUT2D eigenvalue weighted by molar-refractivity contribution is 1.08. The van der Waals surface area contributed by atoms with E-state index in [1.54, 1.807) is 12.1 Å². The second-order valence-electron chi connectivity index (χ2n) is 3.00. The highest BCUT2D eigenvalue weighted by atomic mass is 127. The smallest absolute Gasteiger partial charge is 0.225 e. The van der Waals surface area contributed by atoms with Gasteiger partial charge in [-0.3, -0.25) is 0 Å². The Morgan fingerprint density at radius 3 is 2.31 bits per heavy atom. The van der Waals surface area contributed by atoms with Crippen molar-refractivity contribution in [3.63, 3.8) is 0 Å². The molecule has 16 heavy (non-hydrogen) atoms. The van der Waals surface area contributed by atoms with Gasteiger partial charge in [0.05, 0.1) is 0 Å². The van der Waals surface area contributed by atoms with Crippen LogP contribution in [-0.4, -0.2) is 15.0 Å². The highest BCUT2D eigenvalue weighted by molar-refractivity contribution is 14.1. The van der Waals surface area contributed by atoms with Gasteiger partial charge in [0.15, 0.2) is 5.82 Å². The van der Waals surface area contributed by atoms with Gasteiger partial charge >= 0.3 is 0 Å². The summed E-state index contributed by atoms with van der Waals surface area (Å²) in [6.07, 6.45) is 0. The summed E-state index contributed by atoms with van der Waals surface area (Å²) in [4.78, 5) is 11.7. The number of halogens is 2. The average molecular weight is 348 g/mol. The number of aromatic nitrogens is 3. The molecule has 5 nitrogen and oxygen atoms in total. The number of nitrogens with two attached hydrogens (primary N) is 2. The molecule has 0 aliphatic rings. The summed E-state index contributed by atoms with van der Waals surface area (Å²) in [6.45, 7) is 0. The number of hydrogen-bond donors (Lipinski definition) is 2. The molecule has 1 heterocycles. The van der Waals surface area contributed by atoms with E-state index in [4.69, 9.17) is 23.1 Å². The monoisotopic (exact) mass is 347 g/mol.